The fourth-order valence-electron chi connectivity index (χ4n) is 3.63. The van der Waals surface area contributed by atoms with Crippen LogP contribution in [0.1, 0.15) is 57.2 Å². The summed E-state index contributed by atoms with van der Waals surface area (Å²) in [4.78, 5) is 20.0. The van der Waals surface area contributed by atoms with E-state index in [-0.39, 0.29) is 11.3 Å². The standard InChI is InChI=1S/C20H25N3O3S/c1-4-5-6-16-15(14(3)26-22-16)7-8-17-21-13(2)18(27-17)19(24)23-9-20(10-23)11-25-12-20/h7-8H,4-6,9-12H2,1-3H3. The van der Waals surface area contributed by atoms with Crippen LogP contribution in [0.5, 0.6) is 0 Å². The highest BCUT2D eigenvalue weighted by atomic mass is 32.1. The average molecular weight is 388 g/mol. The third-order valence-corrected chi connectivity index (χ3v) is 6.42. The molecule has 4 rings (SSSR count). The third kappa shape index (κ3) is 3.46. The Kier molecular flexibility index (Phi) is 4.90. The van der Waals surface area contributed by atoms with Crippen molar-refractivity contribution in [3.63, 3.8) is 0 Å². The highest BCUT2D eigenvalue weighted by molar-refractivity contribution is 7.14. The van der Waals surface area contributed by atoms with Gasteiger partial charge in [0.25, 0.3) is 5.91 Å². The van der Waals surface area contributed by atoms with Crippen molar-refractivity contribution in [2.45, 2.75) is 40.0 Å². The number of rotatable bonds is 6. The van der Waals surface area contributed by atoms with Crippen LogP contribution in [-0.4, -0.2) is 47.3 Å². The second-order valence-electron chi connectivity index (χ2n) is 7.66. The van der Waals surface area contributed by atoms with Crippen molar-refractivity contribution in [1.82, 2.24) is 15.0 Å². The maximum Gasteiger partial charge on any atom is 0.265 e. The minimum absolute atomic E-state index is 0.0898. The van der Waals surface area contributed by atoms with Gasteiger partial charge in [0.05, 0.1) is 30.0 Å². The van der Waals surface area contributed by atoms with Crippen LogP contribution in [0.15, 0.2) is 4.52 Å². The zero-order valence-electron chi connectivity index (χ0n) is 16.1. The quantitative estimate of drug-likeness (QED) is 0.755. The highest BCUT2D eigenvalue weighted by Crippen LogP contribution is 2.39. The van der Waals surface area contributed by atoms with E-state index in [1.54, 1.807) is 0 Å². The van der Waals surface area contributed by atoms with Gasteiger partial charge in [-0.15, -0.1) is 11.3 Å². The number of unbranched alkanes of at least 4 members (excludes halogenated alkanes) is 1. The first-order valence-electron chi connectivity index (χ1n) is 9.49. The molecule has 2 aromatic heterocycles. The molecule has 4 heterocycles. The first-order valence-corrected chi connectivity index (χ1v) is 10.3. The lowest BCUT2D eigenvalue weighted by Crippen LogP contribution is -2.67. The molecule has 2 aliphatic heterocycles. The number of carbonyl (C=O) groups is 1. The molecule has 2 saturated heterocycles. The number of hydrogen-bond acceptors (Lipinski definition) is 6. The third-order valence-electron chi connectivity index (χ3n) is 5.31. The van der Waals surface area contributed by atoms with Crippen LogP contribution in [0.25, 0.3) is 12.2 Å². The normalized spacial score (nSPS) is 18.1. The van der Waals surface area contributed by atoms with Gasteiger partial charge in [-0.25, -0.2) is 4.98 Å². The van der Waals surface area contributed by atoms with Crippen LogP contribution < -0.4 is 0 Å². The molecule has 2 fully saturated rings. The van der Waals surface area contributed by atoms with E-state index in [4.69, 9.17) is 9.26 Å². The molecule has 0 aromatic carbocycles. The molecule has 0 unspecified atom stereocenters. The van der Waals surface area contributed by atoms with Crippen LogP contribution in [0.3, 0.4) is 0 Å². The van der Waals surface area contributed by atoms with E-state index in [2.05, 4.69) is 17.1 Å². The predicted molar refractivity (Wildman–Crippen MR) is 105 cm³/mol. The summed E-state index contributed by atoms with van der Waals surface area (Å²) >= 11 is 1.45. The van der Waals surface area contributed by atoms with Crippen LogP contribution in [0, 0.1) is 19.3 Å². The molecule has 0 saturated carbocycles. The maximum absolute atomic E-state index is 12.8. The molecule has 0 N–H and O–H groups in total. The number of thiazole rings is 1. The molecular weight excluding hydrogens is 362 g/mol. The zero-order valence-corrected chi connectivity index (χ0v) is 16.9. The molecule has 1 amide bonds. The van der Waals surface area contributed by atoms with Crippen molar-refractivity contribution in [2.24, 2.45) is 5.41 Å². The Balaban J connectivity index is 1.46. The van der Waals surface area contributed by atoms with Crippen molar-refractivity contribution in [3.05, 3.63) is 32.6 Å². The molecule has 7 heteroatoms. The van der Waals surface area contributed by atoms with E-state index in [1.807, 2.05) is 30.9 Å². The van der Waals surface area contributed by atoms with E-state index in [0.717, 1.165) is 78.2 Å². The zero-order chi connectivity index (χ0) is 19.0. The highest BCUT2D eigenvalue weighted by Gasteiger charge is 2.51. The maximum atomic E-state index is 12.8. The Morgan fingerprint density at radius 3 is 2.74 bits per heavy atom. The minimum Gasteiger partial charge on any atom is -0.380 e. The summed E-state index contributed by atoms with van der Waals surface area (Å²) in [5.74, 6) is 0.905. The smallest absolute Gasteiger partial charge is 0.265 e. The molecule has 2 aliphatic rings. The Morgan fingerprint density at radius 1 is 1.30 bits per heavy atom. The van der Waals surface area contributed by atoms with E-state index in [9.17, 15) is 4.79 Å². The summed E-state index contributed by atoms with van der Waals surface area (Å²) in [6.45, 7) is 9.16. The molecule has 0 bridgehead atoms. The van der Waals surface area contributed by atoms with Crippen molar-refractivity contribution < 1.29 is 14.1 Å². The molecule has 0 atom stereocenters. The SMILES string of the molecule is CCCCc1noc(C)c1C=Cc1nc(C)c(C(=O)N2CC3(COC3)C2)s1. The molecular formula is C20H25N3O3S. The van der Waals surface area contributed by atoms with E-state index >= 15 is 0 Å². The summed E-state index contributed by atoms with van der Waals surface area (Å²) < 4.78 is 10.6. The first-order chi connectivity index (χ1) is 13.0. The minimum atomic E-state index is 0.0898. The van der Waals surface area contributed by atoms with Gasteiger partial charge in [0.1, 0.15) is 15.6 Å². The van der Waals surface area contributed by atoms with Gasteiger partial charge in [0, 0.05) is 18.7 Å². The van der Waals surface area contributed by atoms with Gasteiger partial charge in [-0.3, -0.25) is 4.79 Å². The second-order valence-corrected chi connectivity index (χ2v) is 8.69. The monoisotopic (exact) mass is 387 g/mol. The summed E-state index contributed by atoms with van der Waals surface area (Å²) in [6, 6.07) is 0. The molecule has 144 valence electrons. The second kappa shape index (κ2) is 7.20. The van der Waals surface area contributed by atoms with E-state index < -0.39 is 0 Å². The van der Waals surface area contributed by atoms with Gasteiger partial charge < -0.3 is 14.2 Å². The summed E-state index contributed by atoms with van der Waals surface area (Å²) in [7, 11) is 0. The lowest BCUT2D eigenvalue weighted by atomic mass is 9.78. The molecule has 6 nitrogen and oxygen atoms in total. The molecule has 1 spiro atoms. The summed E-state index contributed by atoms with van der Waals surface area (Å²) in [6.07, 6.45) is 7.09. The van der Waals surface area contributed by atoms with Crippen LogP contribution >= 0.6 is 11.3 Å². The number of aromatic nitrogens is 2. The lowest BCUT2D eigenvalue weighted by Gasteiger charge is -2.54. The summed E-state index contributed by atoms with van der Waals surface area (Å²) in [5, 5.41) is 5.00. The van der Waals surface area contributed by atoms with E-state index in [1.165, 1.54) is 11.3 Å². The summed E-state index contributed by atoms with van der Waals surface area (Å²) in [5.41, 5.74) is 3.05. The van der Waals surface area contributed by atoms with Crippen molar-refractivity contribution in [1.29, 1.82) is 0 Å². The fourth-order valence-corrected chi connectivity index (χ4v) is 4.57. The Morgan fingerprint density at radius 2 is 2.07 bits per heavy atom. The lowest BCUT2D eigenvalue weighted by molar-refractivity contribution is -0.176. The van der Waals surface area contributed by atoms with Gasteiger partial charge in [-0.1, -0.05) is 18.5 Å². The van der Waals surface area contributed by atoms with Gasteiger partial charge in [0.15, 0.2) is 0 Å². The first kappa shape index (κ1) is 18.4. The van der Waals surface area contributed by atoms with Crippen LogP contribution in [-0.2, 0) is 11.2 Å². The van der Waals surface area contributed by atoms with E-state index in [0.29, 0.717) is 0 Å². The average Bonchev–Trinajstić information content (AvgIpc) is 3.11. The Bertz CT molecular complexity index is 871. The van der Waals surface area contributed by atoms with Crippen molar-refractivity contribution >= 4 is 29.4 Å². The van der Waals surface area contributed by atoms with Crippen molar-refractivity contribution in [2.75, 3.05) is 26.3 Å². The number of amides is 1. The number of hydrogen-bond donors (Lipinski definition) is 0. The Hall–Kier alpha value is -1.99. The predicted octanol–water partition coefficient (Wildman–Crippen LogP) is 3.73. The topological polar surface area (TPSA) is 68.5 Å². The Labute approximate surface area is 163 Å². The van der Waals surface area contributed by atoms with Crippen LogP contribution in [0.2, 0.25) is 0 Å². The van der Waals surface area contributed by atoms with Gasteiger partial charge in [0.2, 0.25) is 0 Å². The largest absolute Gasteiger partial charge is 0.380 e. The molecule has 0 aliphatic carbocycles. The number of carbonyl (C=O) groups excluding carboxylic acids is 1. The van der Waals surface area contributed by atoms with Gasteiger partial charge in [-0.2, -0.15) is 0 Å². The van der Waals surface area contributed by atoms with Crippen molar-refractivity contribution in [3.8, 4) is 0 Å². The van der Waals surface area contributed by atoms with Gasteiger partial charge >= 0.3 is 0 Å². The van der Waals surface area contributed by atoms with Gasteiger partial charge in [-0.05, 0) is 38.8 Å². The number of ether oxygens (including phenoxy) is 1. The number of aryl methyl sites for hydroxylation is 3. The van der Waals surface area contributed by atoms with Crippen LogP contribution in [0.4, 0.5) is 0 Å². The fraction of sp³-hybridized carbons (Fsp3) is 0.550. The molecule has 0 radical (unpaired) electrons. The molecule has 27 heavy (non-hydrogen) atoms. The number of nitrogens with zero attached hydrogens (tertiary/aromatic N) is 3. The molecule has 2 aromatic rings. The number of likely N-dealkylation sites (tertiary alicyclic amines) is 1.